The number of carbonyl (C=O) groups excluding carboxylic acids is 1. The Labute approximate surface area is 196 Å². The van der Waals surface area contributed by atoms with Gasteiger partial charge in [-0.05, 0) is 36.2 Å². The first-order valence-electron chi connectivity index (χ1n) is 10.8. The summed E-state index contributed by atoms with van der Waals surface area (Å²) in [5.74, 6) is -2.26. The topological polar surface area (TPSA) is 99.8 Å². The van der Waals surface area contributed by atoms with Crippen LogP contribution in [0.5, 0.6) is 5.75 Å². The summed E-state index contributed by atoms with van der Waals surface area (Å²) in [6, 6.07) is 3.92. The normalized spacial score (nSPS) is 20.2. The van der Waals surface area contributed by atoms with Crippen molar-refractivity contribution >= 4 is 22.6 Å². The molecule has 3 aromatic rings. The zero-order valence-corrected chi connectivity index (χ0v) is 18.4. The Hall–Kier alpha value is -3.51. The van der Waals surface area contributed by atoms with E-state index in [1.807, 2.05) is 6.92 Å². The summed E-state index contributed by atoms with van der Waals surface area (Å²) in [4.78, 5) is 23.5. The Morgan fingerprint density at radius 3 is 2.86 bits per heavy atom. The third-order valence-corrected chi connectivity index (χ3v) is 6.11. The van der Waals surface area contributed by atoms with Gasteiger partial charge in [-0.15, -0.1) is 13.2 Å². The van der Waals surface area contributed by atoms with Gasteiger partial charge in [-0.25, -0.2) is 14.4 Å². The Kier molecular flexibility index (Phi) is 5.72. The maximum Gasteiger partial charge on any atom is 0.573 e. The number of rotatable bonds is 3. The third kappa shape index (κ3) is 4.34. The molecule has 35 heavy (non-hydrogen) atoms. The Morgan fingerprint density at radius 2 is 2.09 bits per heavy atom. The monoisotopic (exact) mass is 492 g/mol. The molecule has 12 heteroatoms. The number of hydrogen-bond donors (Lipinski definition) is 1. The molecule has 0 bridgehead atoms. The van der Waals surface area contributed by atoms with E-state index in [0.717, 1.165) is 23.3 Å². The van der Waals surface area contributed by atoms with Crippen LogP contribution in [-0.2, 0) is 16.1 Å². The van der Waals surface area contributed by atoms with Gasteiger partial charge < -0.3 is 24.8 Å². The van der Waals surface area contributed by atoms with Crippen molar-refractivity contribution in [1.82, 2.24) is 14.9 Å². The standard InChI is InChI=1S/C23H20F4N4O4/c1-11-20-14(9-34-11)13-7-16(29-8-17(13)30-21(20)28)22(32)31-4-5-33-10-18(31)12-2-3-15(24)19(6-12)35-23(25,26)27/h2-3,6-8,11,18H,4-5,9-10H2,1H3,(H2,28,30)/t11-,18-/m1/s1. The molecule has 4 heterocycles. The molecule has 2 aliphatic heterocycles. The van der Waals surface area contributed by atoms with Gasteiger partial charge >= 0.3 is 6.36 Å². The van der Waals surface area contributed by atoms with Crippen molar-refractivity contribution < 1.29 is 36.6 Å². The number of morpholine rings is 1. The lowest BCUT2D eigenvalue weighted by molar-refractivity contribution is -0.275. The fourth-order valence-corrected chi connectivity index (χ4v) is 4.49. The van der Waals surface area contributed by atoms with E-state index in [9.17, 15) is 22.4 Å². The molecule has 0 radical (unpaired) electrons. The number of anilines is 1. The summed E-state index contributed by atoms with van der Waals surface area (Å²) < 4.78 is 66.9. The summed E-state index contributed by atoms with van der Waals surface area (Å²) in [6.07, 6.45) is -3.85. The van der Waals surface area contributed by atoms with Crippen LogP contribution in [0.1, 0.15) is 46.2 Å². The second-order valence-corrected chi connectivity index (χ2v) is 8.26. The molecule has 2 aromatic heterocycles. The fourth-order valence-electron chi connectivity index (χ4n) is 4.49. The molecule has 0 spiro atoms. The zero-order chi connectivity index (χ0) is 24.9. The molecule has 2 atom stereocenters. The number of benzene rings is 1. The Morgan fingerprint density at radius 1 is 1.29 bits per heavy atom. The zero-order valence-electron chi connectivity index (χ0n) is 18.4. The van der Waals surface area contributed by atoms with Gasteiger partial charge in [-0.3, -0.25) is 4.79 Å². The number of ether oxygens (including phenoxy) is 3. The predicted molar refractivity (Wildman–Crippen MR) is 115 cm³/mol. The molecule has 1 aromatic carbocycles. The van der Waals surface area contributed by atoms with Gasteiger partial charge in [0.05, 0.1) is 43.7 Å². The molecular formula is C23H20F4N4O4. The number of alkyl halides is 3. The molecule has 184 valence electrons. The van der Waals surface area contributed by atoms with E-state index < -0.39 is 29.9 Å². The van der Waals surface area contributed by atoms with Crippen LogP contribution >= 0.6 is 0 Å². The van der Waals surface area contributed by atoms with Crippen LogP contribution < -0.4 is 10.5 Å². The van der Waals surface area contributed by atoms with Gasteiger partial charge in [0.1, 0.15) is 11.5 Å². The van der Waals surface area contributed by atoms with Crippen molar-refractivity contribution in [3.63, 3.8) is 0 Å². The minimum absolute atomic E-state index is 0.00918. The first-order valence-corrected chi connectivity index (χ1v) is 10.8. The summed E-state index contributed by atoms with van der Waals surface area (Å²) in [5.41, 5.74) is 8.55. The number of nitrogens with zero attached hydrogens (tertiary/aromatic N) is 3. The van der Waals surface area contributed by atoms with E-state index in [4.69, 9.17) is 15.2 Å². The van der Waals surface area contributed by atoms with Gasteiger partial charge in [0, 0.05) is 17.5 Å². The second-order valence-electron chi connectivity index (χ2n) is 8.26. The molecule has 0 aliphatic carbocycles. The molecule has 5 rings (SSSR count). The number of nitrogens with two attached hydrogens (primary N) is 1. The van der Waals surface area contributed by atoms with Crippen LogP contribution in [0.15, 0.2) is 30.5 Å². The quantitative estimate of drug-likeness (QED) is 0.551. The Balaban J connectivity index is 1.50. The highest BCUT2D eigenvalue weighted by molar-refractivity contribution is 5.97. The molecule has 1 saturated heterocycles. The highest BCUT2D eigenvalue weighted by Gasteiger charge is 2.35. The van der Waals surface area contributed by atoms with E-state index in [1.165, 1.54) is 17.2 Å². The maximum absolute atomic E-state index is 13.9. The second kappa shape index (κ2) is 8.61. The average Bonchev–Trinajstić information content (AvgIpc) is 3.21. The lowest BCUT2D eigenvalue weighted by Crippen LogP contribution is -2.43. The van der Waals surface area contributed by atoms with Crippen molar-refractivity contribution in [2.75, 3.05) is 25.5 Å². The van der Waals surface area contributed by atoms with Gasteiger partial charge in [-0.2, -0.15) is 0 Å². The summed E-state index contributed by atoms with van der Waals surface area (Å²) in [5, 5.41) is 0.685. The molecular weight excluding hydrogens is 472 g/mol. The number of halogens is 4. The number of carbonyl (C=O) groups is 1. The smallest absolute Gasteiger partial charge is 0.403 e. The van der Waals surface area contributed by atoms with Gasteiger partial charge in [0.25, 0.3) is 5.91 Å². The summed E-state index contributed by atoms with van der Waals surface area (Å²) in [6.45, 7) is 2.57. The van der Waals surface area contributed by atoms with Crippen molar-refractivity contribution in [3.05, 3.63) is 58.7 Å². The minimum Gasteiger partial charge on any atom is -0.403 e. The van der Waals surface area contributed by atoms with Gasteiger partial charge in [-0.1, -0.05) is 6.07 Å². The molecule has 2 aliphatic rings. The molecule has 8 nitrogen and oxygen atoms in total. The highest BCUT2D eigenvalue weighted by atomic mass is 19.4. The van der Waals surface area contributed by atoms with Crippen LogP contribution in [0.25, 0.3) is 10.9 Å². The molecule has 2 N–H and O–H groups in total. The van der Waals surface area contributed by atoms with E-state index in [2.05, 4.69) is 14.7 Å². The number of nitrogen functional groups attached to an aromatic ring is 1. The lowest BCUT2D eigenvalue weighted by Gasteiger charge is -2.36. The first kappa shape index (κ1) is 23.2. The van der Waals surface area contributed by atoms with Crippen LogP contribution in [0, 0.1) is 5.82 Å². The lowest BCUT2D eigenvalue weighted by atomic mass is 10.0. The third-order valence-electron chi connectivity index (χ3n) is 6.11. The predicted octanol–water partition coefficient (Wildman–Crippen LogP) is 4.05. The first-order chi connectivity index (χ1) is 16.6. The van der Waals surface area contributed by atoms with Crippen molar-refractivity contribution in [2.45, 2.75) is 32.0 Å². The van der Waals surface area contributed by atoms with Crippen molar-refractivity contribution in [1.29, 1.82) is 0 Å². The van der Waals surface area contributed by atoms with Gasteiger partial charge in [0.15, 0.2) is 11.6 Å². The fraction of sp³-hybridized carbons (Fsp3) is 0.348. The minimum atomic E-state index is -5.06. The summed E-state index contributed by atoms with van der Waals surface area (Å²) in [7, 11) is 0. The molecule has 0 saturated carbocycles. The van der Waals surface area contributed by atoms with Crippen LogP contribution in [-0.4, -0.2) is 46.9 Å². The number of amides is 1. The largest absolute Gasteiger partial charge is 0.573 e. The van der Waals surface area contributed by atoms with Crippen LogP contribution in [0.4, 0.5) is 23.4 Å². The average molecular weight is 492 g/mol. The number of aromatic nitrogens is 2. The molecule has 1 amide bonds. The van der Waals surface area contributed by atoms with E-state index in [1.54, 1.807) is 6.07 Å². The number of fused-ring (bicyclic) bond motifs is 3. The van der Waals surface area contributed by atoms with E-state index in [-0.39, 0.29) is 37.1 Å². The molecule has 1 fully saturated rings. The highest BCUT2D eigenvalue weighted by Crippen LogP contribution is 2.38. The maximum atomic E-state index is 13.9. The van der Waals surface area contributed by atoms with Crippen LogP contribution in [0.2, 0.25) is 0 Å². The molecule has 0 unspecified atom stereocenters. The SMILES string of the molecule is C[C@H]1OCc2c1c(N)nc1cnc(C(=O)N3CCOC[C@@H]3c3ccc(F)c(OC(F)(F)F)c3)cc21. The number of pyridine rings is 2. The van der Waals surface area contributed by atoms with E-state index in [0.29, 0.717) is 23.3 Å². The summed E-state index contributed by atoms with van der Waals surface area (Å²) >= 11 is 0. The van der Waals surface area contributed by atoms with E-state index >= 15 is 0 Å². The number of hydrogen-bond acceptors (Lipinski definition) is 7. The van der Waals surface area contributed by atoms with Crippen molar-refractivity contribution in [2.24, 2.45) is 0 Å². The van der Waals surface area contributed by atoms with Crippen LogP contribution in [0.3, 0.4) is 0 Å². The van der Waals surface area contributed by atoms with Crippen molar-refractivity contribution in [3.8, 4) is 5.75 Å². The van der Waals surface area contributed by atoms with Gasteiger partial charge in [0.2, 0.25) is 0 Å². The Bertz CT molecular complexity index is 1320.